The van der Waals surface area contributed by atoms with Crippen LogP contribution in [0.2, 0.25) is 0 Å². The maximum atomic E-state index is 2.49. The average Bonchev–Trinajstić information content (AvgIpc) is 2.75. The Labute approximate surface area is 139 Å². The predicted molar refractivity (Wildman–Crippen MR) is 98.8 cm³/mol. The summed E-state index contributed by atoms with van der Waals surface area (Å²) in [6, 6.07) is 0. The highest BCUT2D eigenvalue weighted by Crippen LogP contribution is 2.20. The van der Waals surface area contributed by atoms with Gasteiger partial charge in [-0.25, -0.2) is 0 Å². The molecule has 0 aromatic carbocycles. The SMILES string of the molecule is CCCCCCCCCCCCCCN1C=C(C)N(C)C1C. The lowest BCUT2D eigenvalue weighted by atomic mass is 10.1. The first kappa shape index (κ1) is 19.4. The standard InChI is InChI=1S/C20H40N2/c1-5-6-7-8-9-10-11-12-13-14-15-16-17-22-18-19(2)21(4)20(22)3/h18,20H,5-17H2,1-4H3. The normalized spacial score (nSPS) is 18.2. The summed E-state index contributed by atoms with van der Waals surface area (Å²) in [6.45, 7) is 8.02. The lowest BCUT2D eigenvalue weighted by Gasteiger charge is -2.27. The van der Waals surface area contributed by atoms with Crippen molar-refractivity contribution in [2.24, 2.45) is 0 Å². The molecule has 0 spiro atoms. The molecule has 1 rings (SSSR count). The van der Waals surface area contributed by atoms with Crippen LogP contribution < -0.4 is 0 Å². The van der Waals surface area contributed by atoms with E-state index in [-0.39, 0.29) is 0 Å². The Morgan fingerprint density at radius 3 is 1.68 bits per heavy atom. The van der Waals surface area contributed by atoms with Crippen molar-refractivity contribution in [1.29, 1.82) is 0 Å². The molecule has 0 N–H and O–H groups in total. The van der Waals surface area contributed by atoms with Gasteiger partial charge in [-0.05, 0) is 20.3 Å². The molecule has 130 valence electrons. The van der Waals surface area contributed by atoms with E-state index in [1.54, 1.807) is 0 Å². The van der Waals surface area contributed by atoms with Crippen LogP contribution >= 0.6 is 0 Å². The second-order valence-electron chi connectivity index (χ2n) is 7.14. The number of nitrogens with zero attached hydrogens (tertiary/aromatic N) is 2. The van der Waals surface area contributed by atoms with E-state index in [2.05, 4.69) is 43.8 Å². The molecule has 0 saturated heterocycles. The third-order valence-corrected chi connectivity index (χ3v) is 5.22. The first-order valence-electron chi connectivity index (χ1n) is 9.83. The lowest BCUT2D eigenvalue weighted by molar-refractivity contribution is 0.185. The van der Waals surface area contributed by atoms with Gasteiger partial charge < -0.3 is 9.80 Å². The summed E-state index contributed by atoms with van der Waals surface area (Å²) >= 11 is 0. The molecule has 1 heterocycles. The number of hydrogen-bond donors (Lipinski definition) is 0. The second-order valence-corrected chi connectivity index (χ2v) is 7.14. The zero-order chi connectivity index (χ0) is 16.2. The highest BCUT2D eigenvalue weighted by Gasteiger charge is 2.21. The quantitative estimate of drug-likeness (QED) is 0.377. The van der Waals surface area contributed by atoms with Crippen LogP contribution in [0.5, 0.6) is 0 Å². The monoisotopic (exact) mass is 308 g/mol. The summed E-state index contributed by atoms with van der Waals surface area (Å²) in [5.41, 5.74) is 1.39. The number of hydrogen-bond acceptors (Lipinski definition) is 2. The Hall–Kier alpha value is -0.660. The Bertz CT molecular complexity index is 298. The molecule has 1 unspecified atom stereocenters. The van der Waals surface area contributed by atoms with Gasteiger partial charge in [0, 0.05) is 25.5 Å². The van der Waals surface area contributed by atoms with Crippen LogP contribution in [0.25, 0.3) is 0 Å². The van der Waals surface area contributed by atoms with Gasteiger partial charge in [0.25, 0.3) is 0 Å². The molecule has 0 radical (unpaired) electrons. The maximum Gasteiger partial charge on any atom is 0.0977 e. The van der Waals surface area contributed by atoms with Gasteiger partial charge in [0.1, 0.15) is 0 Å². The van der Waals surface area contributed by atoms with Crippen LogP contribution in [0, 0.1) is 0 Å². The van der Waals surface area contributed by atoms with E-state index in [4.69, 9.17) is 0 Å². The molecule has 0 bridgehead atoms. The van der Waals surface area contributed by atoms with Crippen LogP contribution in [0.4, 0.5) is 0 Å². The van der Waals surface area contributed by atoms with Gasteiger partial charge in [0.05, 0.1) is 6.17 Å². The van der Waals surface area contributed by atoms with Crippen molar-refractivity contribution in [3.63, 3.8) is 0 Å². The highest BCUT2D eigenvalue weighted by molar-refractivity contribution is 5.05. The third kappa shape index (κ3) is 7.56. The summed E-state index contributed by atoms with van der Waals surface area (Å²) in [6.07, 6.45) is 20.0. The highest BCUT2D eigenvalue weighted by atomic mass is 15.4. The van der Waals surface area contributed by atoms with Gasteiger partial charge in [-0.3, -0.25) is 0 Å². The fraction of sp³-hybridized carbons (Fsp3) is 0.900. The Morgan fingerprint density at radius 2 is 1.27 bits per heavy atom. The zero-order valence-corrected chi connectivity index (χ0v) is 15.7. The smallest absolute Gasteiger partial charge is 0.0977 e. The van der Waals surface area contributed by atoms with Crippen LogP contribution in [-0.4, -0.2) is 29.6 Å². The minimum absolute atomic E-state index is 0.549. The van der Waals surface area contributed by atoms with E-state index in [9.17, 15) is 0 Å². The van der Waals surface area contributed by atoms with Crippen molar-refractivity contribution < 1.29 is 0 Å². The molecule has 0 saturated carbocycles. The fourth-order valence-corrected chi connectivity index (χ4v) is 3.34. The minimum Gasteiger partial charge on any atom is -0.357 e. The summed E-state index contributed by atoms with van der Waals surface area (Å²) in [4.78, 5) is 4.85. The average molecular weight is 309 g/mol. The van der Waals surface area contributed by atoms with E-state index in [1.165, 1.54) is 89.3 Å². The molecule has 0 aromatic heterocycles. The van der Waals surface area contributed by atoms with Crippen molar-refractivity contribution in [3.05, 3.63) is 11.9 Å². The summed E-state index contributed by atoms with van der Waals surface area (Å²) < 4.78 is 0. The molecule has 0 aliphatic carbocycles. The maximum absolute atomic E-state index is 2.49. The van der Waals surface area contributed by atoms with E-state index in [0.29, 0.717) is 6.17 Å². The van der Waals surface area contributed by atoms with Gasteiger partial charge in [0.2, 0.25) is 0 Å². The molecule has 1 aliphatic rings. The van der Waals surface area contributed by atoms with E-state index in [1.807, 2.05) is 0 Å². The van der Waals surface area contributed by atoms with Gasteiger partial charge in [-0.1, -0.05) is 77.6 Å². The molecule has 1 aliphatic heterocycles. The van der Waals surface area contributed by atoms with Gasteiger partial charge in [0.15, 0.2) is 0 Å². The molecule has 2 heteroatoms. The molecule has 1 atom stereocenters. The van der Waals surface area contributed by atoms with E-state index < -0.39 is 0 Å². The van der Waals surface area contributed by atoms with Crippen molar-refractivity contribution in [2.45, 2.75) is 104 Å². The Morgan fingerprint density at radius 1 is 0.818 bits per heavy atom. The predicted octanol–water partition coefficient (Wildman–Crippen LogP) is 6.14. The molecule has 22 heavy (non-hydrogen) atoms. The van der Waals surface area contributed by atoms with Gasteiger partial charge >= 0.3 is 0 Å². The molecule has 0 fully saturated rings. The molecule has 0 amide bonds. The zero-order valence-electron chi connectivity index (χ0n) is 15.7. The topological polar surface area (TPSA) is 6.48 Å². The van der Waals surface area contributed by atoms with Crippen LogP contribution in [0.1, 0.15) is 97.8 Å². The van der Waals surface area contributed by atoms with E-state index in [0.717, 1.165) is 0 Å². The van der Waals surface area contributed by atoms with Crippen molar-refractivity contribution in [2.75, 3.05) is 13.6 Å². The summed E-state index contributed by atoms with van der Waals surface area (Å²) in [5.74, 6) is 0. The van der Waals surface area contributed by atoms with Crippen molar-refractivity contribution in [3.8, 4) is 0 Å². The van der Waals surface area contributed by atoms with Gasteiger partial charge in [-0.2, -0.15) is 0 Å². The minimum atomic E-state index is 0.549. The first-order valence-corrected chi connectivity index (χ1v) is 9.83. The largest absolute Gasteiger partial charge is 0.357 e. The summed E-state index contributed by atoms with van der Waals surface area (Å²) in [7, 11) is 2.19. The lowest BCUT2D eigenvalue weighted by Crippen LogP contribution is -2.34. The second kappa shape index (κ2) is 11.8. The molecular formula is C20H40N2. The molecule has 0 aromatic rings. The third-order valence-electron chi connectivity index (χ3n) is 5.22. The number of allylic oxidation sites excluding steroid dienone is 1. The molecule has 2 nitrogen and oxygen atoms in total. The van der Waals surface area contributed by atoms with Crippen LogP contribution in [-0.2, 0) is 0 Å². The Balaban J connectivity index is 1.84. The van der Waals surface area contributed by atoms with Gasteiger partial charge in [-0.15, -0.1) is 0 Å². The summed E-state index contributed by atoms with van der Waals surface area (Å²) in [5, 5.41) is 0. The van der Waals surface area contributed by atoms with Crippen molar-refractivity contribution >= 4 is 0 Å². The molecular weight excluding hydrogens is 268 g/mol. The Kier molecular flexibility index (Phi) is 10.4. The number of rotatable bonds is 13. The fourth-order valence-electron chi connectivity index (χ4n) is 3.34. The van der Waals surface area contributed by atoms with Crippen LogP contribution in [0.3, 0.4) is 0 Å². The van der Waals surface area contributed by atoms with Crippen molar-refractivity contribution in [1.82, 2.24) is 9.80 Å². The number of unbranched alkanes of at least 4 members (excludes halogenated alkanes) is 11. The first-order chi connectivity index (χ1) is 10.7. The van der Waals surface area contributed by atoms with E-state index >= 15 is 0 Å². The van der Waals surface area contributed by atoms with Crippen LogP contribution in [0.15, 0.2) is 11.9 Å².